The topological polar surface area (TPSA) is 24.5 Å². The van der Waals surface area contributed by atoms with Gasteiger partial charge in [0.25, 0.3) is 0 Å². The number of benzene rings is 7. The van der Waals surface area contributed by atoms with Crippen LogP contribution >= 0.6 is 0 Å². The van der Waals surface area contributed by atoms with Gasteiger partial charge < -0.3 is 15.0 Å². The van der Waals surface area contributed by atoms with E-state index in [1.165, 1.54) is 66.4 Å². The molecule has 7 aromatic rings. The van der Waals surface area contributed by atoms with Gasteiger partial charge in [0.05, 0.1) is 11.4 Å². The fourth-order valence-electron chi connectivity index (χ4n) is 7.08. The lowest BCUT2D eigenvalue weighted by Crippen LogP contribution is -2.30. The van der Waals surface area contributed by atoms with Crippen LogP contribution in [0.15, 0.2) is 140 Å². The monoisotopic (exact) mass is 566 g/mol. The molecule has 0 aliphatic carbocycles. The summed E-state index contributed by atoms with van der Waals surface area (Å²) in [4.78, 5) is 2.43. The molecule has 0 saturated carbocycles. The van der Waals surface area contributed by atoms with Gasteiger partial charge in [-0.1, -0.05) is 97.9 Å². The summed E-state index contributed by atoms with van der Waals surface area (Å²) in [7, 11) is 0. The molecule has 1 N–H and O–H groups in total. The van der Waals surface area contributed by atoms with E-state index in [1.807, 2.05) is 12.1 Å². The highest BCUT2D eigenvalue weighted by molar-refractivity contribution is 6.10. The molecule has 2 aliphatic heterocycles. The molecule has 44 heavy (non-hydrogen) atoms. The molecular formula is C41H30N2O. The highest BCUT2D eigenvalue weighted by Crippen LogP contribution is 2.48. The molecule has 210 valence electrons. The highest BCUT2D eigenvalue weighted by Gasteiger charge is 2.28. The Hall–Kier alpha value is -5.54. The summed E-state index contributed by atoms with van der Waals surface area (Å²) in [6.45, 7) is 2.23. The van der Waals surface area contributed by atoms with Gasteiger partial charge in [0, 0.05) is 16.6 Å². The van der Waals surface area contributed by atoms with Gasteiger partial charge in [0.2, 0.25) is 0 Å². The molecule has 0 fully saturated rings. The van der Waals surface area contributed by atoms with E-state index in [1.54, 1.807) is 0 Å². The molecule has 0 amide bonds. The number of para-hydroxylation sites is 3. The second kappa shape index (κ2) is 9.75. The van der Waals surface area contributed by atoms with Crippen molar-refractivity contribution in [3.05, 3.63) is 140 Å². The number of anilines is 3. The zero-order valence-electron chi connectivity index (χ0n) is 24.4. The van der Waals surface area contributed by atoms with Crippen LogP contribution < -0.4 is 15.0 Å². The van der Waals surface area contributed by atoms with Gasteiger partial charge in [-0.3, -0.25) is 0 Å². The van der Waals surface area contributed by atoms with E-state index in [0.29, 0.717) is 0 Å². The number of rotatable bonds is 4. The van der Waals surface area contributed by atoms with Crippen molar-refractivity contribution < 1.29 is 4.74 Å². The van der Waals surface area contributed by atoms with Gasteiger partial charge in [-0.05, 0) is 98.9 Å². The van der Waals surface area contributed by atoms with Crippen LogP contribution in [0.5, 0.6) is 11.5 Å². The van der Waals surface area contributed by atoms with Crippen molar-refractivity contribution in [3.8, 4) is 44.9 Å². The molecule has 3 heteroatoms. The smallest absolute Gasteiger partial charge is 0.135 e. The standard InChI is InChI=1S/C41H30N2O/c1-2-40-42-36-14-4-5-15-37(36)43(40)31-10-7-9-26(25-31)27-17-18-29-24-30(20-19-28(29)23-27)32-21-22-39-41-34(32)12-8-13-35(41)33-11-3-6-16-38(33)44-39/h3-25,40,42H,2H2,1H3. The molecule has 0 saturated heterocycles. The second-order valence-corrected chi connectivity index (χ2v) is 11.7. The van der Waals surface area contributed by atoms with E-state index in [0.717, 1.165) is 23.5 Å². The zero-order chi connectivity index (χ0) is 29.2. The first-order valence-electron chi connectivity index (χ1n) is 15.4. The summed E-state index contributed by atoms with van der Waals surface area (Å²) in [5, 5.41) is 8.54. The van der Waals surface area contributed by atoms with Gasteiger partial charge in [-0.15, -0.1) is 0 Å². The molecule has 0 spiro atoms. The fraction of sp³-hybridized carbons (Fsp3) is 0.0732. The number of fused-ring (bicyclic) bond motifs is 4. The maximum absolute atomic E-state index is 6.33. The normalized spacial score (nSPS) is 14.7. The Balaban J connectivity index is 1.09. The SMILES string of the molecule is CCC1Nc2ccccc2N1c1cccc(-c2ccc3cc(-c4ccc5c6c(cccc46)-c4ccccc4O5)ccc3c2)c1. The largest absolute Gasteiger partial charge is 0.456 e. The number of ether oxygens (including phenoxy) is 1. The maximum Gasteiger partial charge on any atom is 0.135 e. The average Bonchev–Trinajstić information content (AvgIpc) is 3.47. The Labute approximate surface area is 257 Å². The molecular weight excluding hydrogens is 536 g/mol. The lowest BCUT2D eigenvalue weighted by atomic mass is 9.90. The molecule has 1 unspecified atom stereocenters. The summed E-state index contributed by atoms with van der Waals surface area (Å²) in [5.74, 6) is 1.84. The first kappa shape index (κ1) is 25.0. The van der Waals surface area contributed by atoms with Crippen LogP contribution in [0, 0.1) is 0 Å². The summed E-state index contributed by atoms with van der Waals surface area (Å²) < 4.78 is 6.33. The number of hydrogen-bond acceptors (Lipinski definition) is 3. The predicted octanol–water partition coefficient (Wildman–Crippen LogP) is 11.4. The zero-order valence-corrected chi connectivity index (χ0v) is 24.4. The van der Waals surface area contributed by atoms with Crippen LogP contribution in [0.25, 0.3) is 54.9 Å². The van der Waals surface area contributed by atoms with Crippen molar-refractivity contribution >= 4 is 38.6 Å². The average molecular weight is 567 g/mol. The number of nitrogens with one attached hydrogen (secondary N) is 1. The lowest BCUT2D eigenvalue weighted by Gasteiger charge is -2.26. The third-order valence-electron chi connectivity index (χ3n) is 9.19. The van der Waals surface area contributed by atoms with Gasteiger partial charge in [0.1, 0.15) is 17.7 Å². The molecule has 9 rings (SSSR count). The van der Waals surface area contributed by atoms with E-state index in [9.17, 15) is 0 Å². The van der Waals surface area contributed by atoms with Crippen molar-refractivity contribution in [2.24, 2.45) is 0 Å². The molecule has 0 bridgehead atoms. The molecule has 3 nitrogen and oxygen atoms in total. The van der Waals surface area contributed by atoms with Crippen LogP contribution in [-0.4, -0.2) is 6.17 Å². The minimum atomic E-state index is 0.245. The fourth-order valence-corrected chi connectivity index (χ4v) is 7.08. The highest BCUT2D eigenvalue weighted by atomic mass is 16.5. The van der Waals surface area contributed by atoms with Crippen LogP contribution in [0.3, 0.4) is 0 Å². The van der Waals surface area contributed by atoms with Gasteiger partial charge in [-0.25, -0.2) is 0 Å². The molecule has 2 heterocycles. The van der Waals surface area contributed by atoms with Gasteiger partial charge in [0.15, 0.2) is 0 Å². The van der Waals surface area contributed by atoms with Crippen molar-refractivity contribution in [2.45, 2.75) is 19.5 Å². The van der Waals surface area contributed by atoms with Gasteiger partial charge in [-0.2, -0.15) is 0 Å². The van der Waals surface area contributed by atoms with Crippen LogP contribution in [0.4, 0.5) is 17.1 Å². The first-order valence-corrected chi connectivity index (χ1v) is 15.4. The van der Waals surface area contributed by atoms with E-state index in [4.69, 9.17) is 4.74 Å². The van der Waals surface area contributed by atoms with Crippen molar-refractivity contribution in [2.75, 3.05) is 10.2 Å². The molecule has 7 aromatic carbocycles. The molecule has 2 aliphatic rings. The van der Waals surface area contributed by atoms with Crippen LogP contribution in [-0.2, 0) is 0 Å². The maximum atomic E-state index is 6.33. The quantitative estimate of drug-likeness (QED) is 0.229. The summed E-state index contributed by atoms with van der Waals surface area (Å²) in [5.41, 5.74) is 10.9. The Morgan fingerprint density at radius 3 is 2.25 bits per heavy atom. The number of hydrogen-bond donors (Lipinski definition) is 1. The van der Waals surface area contributed by atoms with Crippen molar-refractivity contribution in [1.29, 1.82) is 0 Å². The van der Waals surface area contributed by atoms with E-state index in [2.05, 4.69) is 145 Å². The molecule has 1 atom stereocenters. The van der Waals surface area contributed by atoms with Gasteiger partial charge >= 0.3 is 0 Å². The minimum absolute atomic E-state index is 0.245. The van der Waals surface area contributed by atoms with E-state index < -0.39 is 0 Å². The Bertz CT molecular complexity index is 2250. The first-order chi connectivity index (χ1) is 21.7. The van der Waals surface area contributed by atoms with E-state index >= 15 is 0 Å². The summed E-state index contributed by atoms with van der Waals surface area (Å²) >= 11 is 0. The Morgan fingerprint density at radius 2 is 1.34 bits per heavy atom. The minimum Gasteiger partial charge on any atom is -0.456 e. The second-order valence-electron chi connectivity index (χ2n) is 11.7. The third kappa shape index (κ3) is 3.83. The summed E-state index contributed by atoms with van der Waals surface area (Å²) in [6.07, 6.45) is 1.26. The lowest BCUT2D eigenvalue weighted by molar-refractivity contribution is 0.487. The summed E-state index contributed by atoms with van der Waals surface area (Å²) in [6, 6.07) is 50.3. The molecule has 0 aromatic heterocycles. The van der Waals surface area contributed by atoms with Crippen LogP contribution in [0.2, 0.25) is 0 Å². The van der Waals surface area contributed by atoms with Crippen molar-refractivity contribution in [3.63, 3.8) is 0 Å². The third-order valence-corrected chi connectivity index (χ3v) is 9.19. The number of nitrogens with zero attached hydrogens (tertiary/aromatic N) is 1. The van der Waals surface area contributed by atoms with Crippen LogP contribution in [0.1, 0.15) is 13.3 Å². The van der Waals surface area contributed by atoms with E-state index in [-0.39, 0.29) is 6.17 Å². The Morgan fingerprint density at radius 1 is 0.591 bits per heavy atom. The molecule has 0 radical (unpaired) electrons. The Kier molecular flexibility index (Phi) is 5.54. The van der Waals surface area contributed by atoms with Crippen molar-refractivity contribution in [1.82, 2.24) is 0 Å². The predicted molar refractivity (Wildman–Crippen MR) is 184 cm³/mol.